The van der Waals surface area contributed by atoms with Crippen molar-refractivity contribution in [3.8, 4) is 5.75 Å². The number of benzene rings is 2. The van der Waals surface area contributed by atoms with Gasteiger partial charge < -0.3 is 10.1 Å². The Morgan fingerprint density at radius 3 is 2.60 bits per heavy atom. The predicted molar refractivity (Wildman–Crippen MR) is 82.7 cm³/mol. The van der Waals surface area contributed by atoms with Gasteiger partial charge in [-0.25, -0.2) is 0 Å². The first-order chi connectivity index (χ1) is 9.70. The van der Waals surface area contributed by atoms with E-state index in [-0.39, 0.29) is 12.1 Å². The van der Waals surface area contributed by atoms with Gasteiger partial charge in [0.1, 0.15) is 11.9 Å². The van der Waals surface area contributed by atoms with Crippen molar-refractivity contribution in [2.24, 2.45) is 0 Å². The van der Waals surface area contributed by atoms with E-state index in [1.165, 1.54) is 5.56 Å². The van der Waals surface area contributed by atoms with E-state index in [1.54, 1.807) is 6.07 Å². The molecule has 2 atom stereocenters. The molecular weight excluding hydrogens is 293 g/mol. The van der Waals surface area contributed by atoms with Crippen LogP contribution < -0.4 is 10.1 Å². The zero-order valence-corrected chi connectivity index (χ0v) is 12.6. The minimum atomic E-state index is -0.0893. The minimum absolute atomic E-state index is 0.0893. The Labute approximate surface area is 128 Å². The number of hydrogen-bond donors (Lipinski definition) is 1. The summed E-state index contributed by atoms with van der Waals surface area (Å²) in [5, 5.41) is 4.48. The van der Waals surface area contributed by atoms with Crippen molar-refractivity contribution >= 4 is 23.2 Å². The normalized spacial score (nSPS) is 21.1. The molecule has 2 aromatic carbocycles. The molecule has 0 radical (unpaired) electrons. The van der Waals surface area contributed by atoms with Gasteiger partial charge in [0.05, 0.1) is 10.0 Å². The summed E-state index contributed by atoms with van der Waals surface area (Å²) in [7, 11) is 1.96. The highest BCUT2D eigenvalue weighted by atomic mass is 35.5. The lowest BCUT2D eigenvalue weighted by Crippen LogP contribution is -2.26. The van der Waals surface area contributed by atoms with E-state index in [2.05, 4.69) is 11.4 Å². The Morgan fingerprint density at radius 2 is 1.80 bits per heavy atom. The minimum Gasteiger partial charge on any atom is -0.485 e. The number of hydrogen-bond acceptors (Lipinski definition) is 2. The third kappa shape index (κ3) is 2.39. The summed E-state index contributed by atoms with van der Waals surface area (Å²) in [5.41, 5.74) is 2.12. The van der Waals surface area contributed by atoms with Crippen LogP contribution in [-0.4, -0.2) is 7.05 Å². The molecule has 1 N–H and O–H groups in total. The van der Waals surface area contributed by atoms with Crippen molar-refractivity contribution in [1.82, 2.24) is 5.32 Å². The standard InChI is InChI=1S/C16H15Cl2NO/c1-19-13-9-15(11-6-4-7-12(17)16(11)18)20-14-8-3-2-5-10(13)14/h2-8,13,15,19H,9H2,1H3. The molecule has 2 aromatic rings. The Hall–Kier alpha value is -1.22. The van der Waals surface area contributed by atoms with Crippen LogP contribution in [0.3, 0.4) is 0 Å². The topological polar surface area (TPSA) is 21.3 Å². The second kappa shape index (κ2) is 5.65. The number of ether oxygens (including phenoxy) is 1. The second-order valence-electron chi connectivity index (χ2n) is 4.86. The molecule has 0 spiro atoms. The van der Waals surface area contributed by atoms with Gasteiger partial charge in [0.25, 0.3) is 0 Å². The fraction of sp³-hybridized carbons (Fsp3) is 0.250. The van der Waals surface area contributed by atoms with Gasteiger partial charge in [0.2, 0.25) is 0 Å². The Balaban J connectivity index is 2.00. The Bertz CT molecular complexity index is 630. The molecule has 0 bridgehead atoms. The molecule has 1 aliphatic heterocycles. The molecule has 2 nitrogen and oxygen atoms in total. The number of nitrogens with one attached hydrogen (secondary N) is 1. The summed E-state index contributed by atoms with van der Waals surface area (Å²) in [5.74, 6) is 0.902. The van der Waals surface area contributed by atoms with E-state index in [0.717, 1.165) is 17.7 Å². The molecule has 4 heteroatoms. The van der Waals surface area contributed by atoms with Crippen LogP contribution >= 0.6 is 23.2 Å². The first-order valence-corrected chi connectivity index (χ1v) is 7.33. The van der Waals surface area contributed by atoms with E-state index < -0.39 is 0 Å². The summed E-state index contributed by atoms with van der Waals surface area (Å²) in [4.78, 5) is 0. The summed E-state index contributed by atoms with van der Waals surface area (Å²) in [6, 6.07) is 14.0. The lowest BCUT2D eigenvalue weighted by Gasteiger charge is -2.32. The number of para-hydroxylation sites is 1. The molecule has 0 saturated heterocycles. The molecule has 0 aromatic heterocycles. The predicted octanol–water partition coefficient (Wildman–Crippen LogP) is 4.78. The van der Waals surface area contributed by atoms with Gasteiger partial charge in [-0.3, -0.25) is 0 Å². The van der Waals surface area contributed by atoms with E-state index >= 15 is 0 Å². The maximum atomic E-state index is 6.31. The molecule has 1 heterocycles. The van der Waals surface area contributed by atoms with Crippen molar-refractivity contribution in [2.45, 2.75) is 18.6 Å². The fourth-order valence-electron chi connectivity index (χ4n) is 2.65. The highest BCUT2D eigenvalue weighted by molar-refractivity contribution is 6.42. The van der Waals surface area contributed by atoms with Crippen LogP contribution in [0.25, 0.3) is 0 Å². The van der Waals surface area contributed by atoms with E-state index in [0.29, 0.717) is 10.0 Å². The van der Waals surface area contributed by atoms with E-state index in [9.17, 15) is 0 Å². The van der Waals surface area contributed by atoms with Gasteiger partial charge in [-0.15, -0.1) is 0 Å². The smallest absolute Gasteiger partial charge is 0.127 e. The van der Waals surface area contributed by atoms with Crippen LogP contribution in [0.5, 0.6) is 5.75 Å². The van der Waals surface area contributed by atoms with Crippen LogP contribution in [0.4, 0.5) is 0 Å². The molecule has 3 rings (SSSR count). The zero-order valence-electron chi connectivity index (χ0n) is 11.1. The molecule has 20 heavy (non-hydrogen) atoms. The summed E-state index contributed by atoms with van der Waals surface area (Å²) >= 11 is 12.4. The average molecular weight is 308 g/mol. The lowest BCUT2D eigenvalue weighted by atomic mass is 9.93. The van der Waals surface area contributed by atoms with Gasteiger partial charge in [0, 0.05) is 23.6 Å². The van der Waals surface area contributed by atoms with Crippen LogP contribution in [0.2, 0.25) is 10.0 Å². The molecule has 0 amide bonds. The first kappa shape index (κ1) is 13.7. The third-order valence-electron chi connectivity index (χ3n) is 3.69. The molecule has 104 valence electrons. The van der Waals surface area contributed by atoms with Crippen molar-refractivity contribution in [1.29, 1.82) is 0 Å². The number of fused-ring (bicyclic) bond motifs is 1. The van der Waals surface area contributed by atoms with Crippen molar-refractivity contribution in [3.05, 3.63) is 63.6 Å². The molecule has 1 aliphatic rings. The molecule has 2 unspecified atom stereocenters. The van der Waals surface area contributed by atoms with Crippen LogP contribution in [0.1, 0.15) is 29.7 Å². The highest BCUT2D eigenvalue weighted by Crippen LogP contribution is 2.43. The van der Waals surface area contributed by atoms with Crippen LogP contribution in [-0.2, 0) is 0 Å². The number of halogens is 2. The maximum absolute atomic E-state index is 6.31. The van der Waals surface area contributed by atoms with Gasteiger partial charge >= 0.3 is 0 Å². The lowest BCUT2D eigenvalue weighted by molar-refractivity contribution is 0.154. The highest BCUT2D eigenvalue weighted by Gasteiger charge is 2.29. The van der Waals surface area contributed by atoms with Crippen LogP contribution in [0.15, 0.2) is 42.5 Å². The summed E-state index contributed by atoms with van der Waals surface area (Å²) in [6.07, 6.45) is 0.738. The van der Waals surface area contributed by atoms with Gasteiger partial charge in [-0.1, -0.05) is 53.5 Å². The summed E-state index contributed by atoms with van der Waals surface area (Å²) < 4.78 is 6.10. The fourth-order valence-corrected chi connectivity index (χ4v) is 3.08. The van der Waals surface area contributed by atoms with Crippen molar-refractivity contribution < 1.29 is 4.74 Å². The van der Waals surface area contributed by atoms with Crippen LogP contribution in [0, 0.1) is 0 Å². The van der Waals surface area contributed by atoms with Crippen molar-refractivity contribution in [3.63, 3.8) is 0 Å². The maximum Gasteiger partial charge on any atom is 0.127 e. The molecule has 0 saturated carbocycles. The van der Waals surface area contributed by atoms with Crippen molar-refractivity contribution in [2.75, 3.05) is 7.05 Å². The van der Waals surface area contributed by atoms with Gasteiger partial charge in [0.15, 0.2) is 0 Å². The van der Waals surface area contributed by atoms with Gasteiger partial charge in [-0.2, -0.15) is 0 Å². The second-order valence-corrected chi connectivity index (χ2v) is 5.65. The largest absolute Gasteiger partial charge is 0.485 e. The number of rotatable bonds is 2. The SMILES string of the molecule is CNC1CC(c2cccc(Cl)c2Cl)Oc2ccccc21. The Morgan fingerprint density at radius 1 is 1.05 bits per heavy atom. The summed E-state index contributed by atoms with van der Waals surface area (Å²) in [6.45, 7) is 0. The zero-order chi connectivity index (χ0) is 14.1. The molecular formula is C16H15Cl2NO. The quantitative estimate of drug-likeness (QED) is 0.862. The first-order valence-electron chi connectivity index (χ1n) is 6.57. The monoisotopic (exact) mass is 307 g/mol. The molecule has 0 fully saturated rings. The average Bonchev–Trinajstić information content (AvgIpc) is 2.49. The Kier molecular flexibility index (Phi) is 3.88. The third-order valence-corrected chi connectivity index (χ3v) is 4.52. The van der Waals surface area contributed by atoms with E-state index in [1.807, 2.05) is 37.4 Å². The molecule has 0 aliphatic carbocycles. The van der Waals surface area contributed by atoms with E-state index in [4.69, 9.17) is 27.9 Å². The van der Waals surface area contributed by atoms with Gasteiger partial charge in [-0.05, 0) is 19.2 Å².